The fourth-order valence-electron chi connectivity index (χ4n) is 3.48. The molecule has 1 aromatic carbocycles. The lowest BCUT2D eigenvalue weighted by molar-refractivity contribution is -0.142. The largest absolute Gasteiger partial charge is 0.418 e. The molecule has 0 unspecified atom stereocenters. The van der Waals surface area contributed by atoms with Gasteiger partial charge in [-0.1, -0.05) is 0 Å². The first-order valence-corrected chi connectivity index (χ1v) is 9.80. The second-order valence-electron chi connectivity index (χ2n) is 7.47. The summed E-state index contributed by atoms with van der Waals surface area (Å²) in [6.45, 7) is 1.57. The number of carbonyl (C=O) groups excluding carboxylic acids is 1. The molecule has 1 aliphatic rings. The van der Waals surface area contributed by atoms with Gasteiger partial charge in [-0.25, -0.2) is 20.0 Å². The van der Waals surface area contributed by atoms with Gasteiger partial charge in [0.1, 0.15) is 18.5 Å². The SMILES string of the molecule is C[C@H](Nc1ncnc2c(C(F)(F)F)cc(C(F)(F)F)cc12)c1ncnn1C1=NN(C)C(=O)CC1. The molecule has 0 saturated carbocycles. The van der Waals surface area contributed by atoms with Crippen LogP contribution in [0.15, 0.2) is 29.9 Å². The summed E-state index contributed by atoms with van der Waals surface area (Å²) in [5.74, 6) is 0.220. The number of hydrazone groups is 1. The van der Waals surface area contributed by atoms with E-state index in [2.05, 4.69) is 30.5 Å². The molecule has 1 atom stereocenters. The third-order valence-electron chi connectivity index (χ3n) is 5.12. The Morgan fingerprint density at radius 1 is 1.00 bits per heavy atom. The molecular weight excluding hydrogens is 470 g/mol. The van der Waals surface area contributed by atoms with E-state index in [0.717, 1.165) is 11.3 Å². The molecular formula is C19H16F6N8O. The highest BCUT2D eigenvalue weighted by atomic mass is 19.4. The van der Waals surface area contributed by atoms with Crippen molar-refractivity contribution in [2.75, 3.05) is 12.4 Å². The zero-order valence-corrected chi connectivity index (χ0v) is 17.6. The average Bonchev–Trinajstić information content (AvgIpc) is 3.24. The summed E-state index contributed by atoms with van der Waals surface area (Å²) >= 11 is 0. The molecule has 0 aliphatic carbocycles. The first kappa shape index (κ1) is 23.4. The normalized spacial score (nSPS) is 16.1. The van der Waals surface area contributed by atoms with Crippen molar-refractivity contribution in [1.29, 1.82) is 0 Å². The summed E-state index contributed by atoms with van der Waals surface area (Å²) in [4.78, 5) is 23.3. The van der Waals surface area contributed by atoms with Gasteiger partial charge in [-0.05, 0) is 19.1 Å². The molecule has 0 bridgehead atoms. The predicted octanol–water partition coefficient (Wildman–Crippen LogP) is 3.85. The lowest BCUT2D eigenvalue weighted by atomic mass is 10.0. The number of nitrogens with zero attached hydrogens (tertiary/aromatic N) is 7. The smallest absolute Gasteiger partial charge is 0.360 e. The fraction of sp³-hybridized carbons (Fsp3) is 0.368. The molecule has 34 heavy (non-hydrogen) atoms. The maximum absolute atomic E-state index is 13.5. The molecule has 0 saturated heterocycles. The van der Waals surface area contributed by atoms with Crippen molar-refractivity contribution >= 4 is 28.5 Å². The number of fused-ring (bicyclic) bond motifs is 1. The van der Waals surface area contributed by atoms with Gasteiger partial charge in [0.25, 0.3) is 0 Å². The number of hydrogen-bond acceptors (Lipinski definition) is 7. The Morgan fingerprint density at radius 2 is 1.74 bits per heavy atom. The molecule has 1 N–H and O–H groups in total. The number of nitrogens with one attached hydrogen (secondary N) is 1. The summed E-state index contributed by atoms with van der Waals surface area (Å²) in [6, 6.07) is -0.177. The van der Waals surface area contributed by atoms with Crippen LogP contribution in [0, 0.1) is 0 Å². The Bertz CT molecular complexity index is 1280. The molecule has 0 radical (unpaired) electrons. The summed E-state index contributed by atoms with van der Waals surface area (Å²) in [5.41, 5.74) is -3.68. The highest BCUT2D eigenvalue weighted by Gasteiger charge is 2.39. The van der Waals surface area contributed by atoms with Gasteiger partial charge in [0, 0.05) is 25.3 Å². The molecule has 1 amide bonds. The van der Waals surface area contributed by atoms with Gasteiger partial charge >= 0.3 is 12.4 Å². The molecule has 180 valence electrons. The lowest BCUT2D eigenvalue weighted by Gasteiger charge is -2.22. The van der Waals surface area contributed by atoms with Crippen LogP contribution < -0.4 is 5.32 Å². The van der Waals surface area contributed by atoms with E-state index >= 15 is 0 Å². The maximum Gasteiger partial charge on any atom is 0.418 e. The summed E-state index contributed by atoms with van der Waals surface area (Å²) in [5, 5.41) is 11.7. The molecule has 1 aliphatic heterocycles. The Labute approximate surface area is 187 Å². The van der Waals surface area contributed by atoms with E-state index in [-0.39, 0.29) is 36.5 Å². The molecule has 3 aromatic rings. The van der Waals surface area contributed by atoms with Crippen LogP contribution in [0.5, 0.6) is 0 Å². The van der Waals surface area contributed by atoms with Crippen LogP contribution in [-0.2, 0) is 17.1 Å². The van der Waals surface area contributed by atoms with Crippen molar-refractivity contribution in [2.45, 2.75) is 38.2 Å². The number of rotatable bonds is 3. The molecule has 0 fully saturated rings. The number of alkyl halides is 6. The van der Waals surface area contributed by atoms with Gasteiger partial charge in [-0.3, -0.25) is 4.79 Å². The van der Waals surface area contributed by atoms with E-state index in [0.29, 0.717) is 11.9 Å². The number of carbonyl (C=O) groups is 1. The molecule has 3 heterocycles. The first-order chi connectivity index (χ1) is 15.9. The van der Waals surface area contributed by atoms with Crippen LogP contribution >= 0.6 is 0 Å². The van der Waals surface area contributed by atoms with Crippen LogP contribution in [0.3, 0.4) is 0 Å². The van der Waals surface area contributed by atoms with E-state index in [1.807, 2.05) is 0 Å². The van der Waals surface area contributed by atoms with Crippen LogP contribution in [0.1, 0.15) is 42.8 Å². The Hall–Kier alpha value is -3.78. The topological polar surface area (TPSA) is 101 Å². The van der Waals surface area contributed by atoms with E-state index in [9.17, 15) is 31.1 Å². The summed E-state index contributed by atoms with van der Waals surface area (Å²) < 4.78 is 81.9. The highest BCUT2D eigenvalue weighted by molar-refractivity contribution is 5.93. The lowest BCUT2D eigenvalue weighted by Crippen LogP contribution is -2.32. The second kappa shape index (κ2) is 8.22. The predicted molar refractivity (Wildman–Crippen MR) is 106 cm³/mol. The van der Waals surface area contributed by atoms with Gasteiger partial charge < -0.3 is 5.32 Å². The van der Waals surface area contributed by atoms with Gasteiger partial charge in [0.2, 0.25) is 5.91 Å². The van der Waals surface area contributed by atoms with Crippen LogP contribution in [0.2, 0.25) is 0 Å². The number of halogens is 6. The minimum absolute atomic E-state index is 0.0260. The Kier molecular flexibility index (Phi) is 5.65. The highest BCUT2D eigenvalue weighted by Crippen LogP contribution is 2.40. The van der Waals surface area contributed by atoms with Crippen molar-refractivity contribution in [2.24, 2.45) is 5.10 Å². The molecule has 15 heteroatoms. The van der Waals surface area contributed by atoms with Crippen LogP contribution in [-0.4, -0.2) is 48.5 Å². The van der Waals surface area contributed by atoms with E-state index in [1.165, 1.54) is 18.1 Å². The Balaban J connectivity index is 1.76. The monoisotopic (exact) mass is 486 g/mol. The van der Waals surface area contributed by atoms with Crippen molar-refractivity contribution in [3.05, 3.63) is 41.7 Å². The number of hydrogen-bond donors (Lipinski definition) is 1. The first-order valence-electron chi connectivity index (χ1n) is 9.80. The zero-order chi connectivity index (χ0) is 24.8. The standard InChI is InChI=1S/C19H16F6N8O/c1-9(17-28-8-29-33(17)13-3-4-14(34)32(2)31-13)30-16-11-5-10(18(20,21)22)6-12(19(23,24)25)15(11)26-7-27-16/h5-9H,3-4H2,1-2H3,(H,26,27,30)/t9-/m0/s1. The number of amides is 1. The van der Waals surface area contributed by atoms with Gasteiger partial charge in [-0.15, -0.1) is 0 Å². The van der Waals surface area contributed by atoms with Gasteiger partial charge in [0.05, 0.1) is 22.7 Å². The number of aromatic nitrogens is 5. The minimum Gasteiger partial charge on any atom is -0.360 e. The van der Waals surface area contributed by atoms with E-state index < -0.39 is 40.4 Å². The quantitative estimate of drug-likeness (QED) is 0.565. The number of benzene rings is 1. The van der Waals surface area contributed by atoms with Crippen molar-refractivity contribution in [3.8, 4) is 0 Å². The van der Waals surface area contributed by atoms with Gasteiger partial charge in [0.15, 0.2) is 11.7 Å². The minimum atomic E-state index is -5.07. The van der Waals surface area contributed by atoms with E-state index in [1.54, 1.807) is 6.92 Å². The summed E-state index contributed by atoms with van der Waals surface area (Å²) in [7, 11) is 1.48. The number of anilines is 1. The third-order valence-corrected chi connectivity index (χ3v) is 5.12. The molecule has 9 nitrogen and oxygen atoms in total. The second-order valence-corrected chi connectivity index (χ2v) is 7.47. The molecule has 2 aromatic heterocycles. The Morgan fingerprint density at radius 3 is 2.38 bits per heavy atom. The zero-order valence-electron chi connectivity index (χ0n) is 17.6. The van der Waals surface area contributed by atoms with Gasteiger partial charge in [-0.2, -0.15) is 41.2 Å². The molecule has 4 rings (SSSR count). The maximum atomic E-state index is 13.5. The molecule has 0 spiro atoms. The van der Waals surface area contributed by atoms with E-state index in [4.69, 9.17) is 0 Å². The third kappa shape index (κ3) is 4.36. The average molecular weight is 486 g/mol. The van der Waals surface area contributed by atoms with Crippen LogP contribution in [0.25, 0.3) is 10.9 Å². The fourth-order valence-corrected chi connectivity index (χ4v) is 3.48. The van der Waals surface area contributed by atoms with Crippen molar-refractivity contribution < 1.29 is 31.1 Å². The van der Waals surface area contributed by atoms with Crippen molar-refractivity contribution in [1.82, 2.24) is 29.7 Å². The summed E-state index contributed by atoms with van der Waals surface area (Å²) in [6.07, 6.45) is -7.58. The van der Waals surface area contributed by atoms with Crippen LogP contribution in [0.4, 0.5) is 32.2 Å². The van der Waals surface area contributed by atoms with Crippen molar-refractivity contribution in [3.63, 3.8) is 0 Å².